The van der Waals surface area contributed by atoms with Gasteiger partial charge in [0.25, 0.3) is 5.56 Å². The van der Waals surface area contributed by atoms with Crippen molar-refractivity contribution in [2.75, 3.05) is 0 Å². The van der Waals surface area contributed by atoms with Crippen LogP contribution in [-0.2, 0) is 0 Å². The zero-order valence-electron chi connectivity index (χ0n) is 9.63. The number of aromatic amines is 1. The van der Waals surface area contributed by atoms with E-state index in [0.717, 1.165) is 10.6 Å². The third-order valence-electron chi connectivity index (χ3n) is 2.76. The highest BCUT2D eigenvalue weighted by Gasteiger charge is 2.09. The molecule has 94 valence electrons. The summed E-state index contributed by atoms with van der Waals surface area (Å²) in [4.78, 5) is 30.6. The highest BCUT2D eigenvalue weighted by molar-refractivity contribution is 5.77. The van der Waals surface area contributed by atoms with Crippen LogP contribution >= 0.6 is 0 Å². The summed E-state index contributed by atoms with van der Waals surface area (Å²) in [5.41, 5.74) is -0.528. The molecule has 0 spiro atoms. The van der Waals surface area contributed by atoms with Crippen LogP contribution in [0, 0.1) is 5.82 Å². The fourth-order valence-electron chi connectivity index (χ4n) is 1.91. The standard InChI is InChI=1S/C13H8FN3O2/c14-8-3-4-11-10(6-8)12(18)17(13(19)16-11)9-2-1-5-15-7-9/h1-7H,(H,16,19). The summed E-state index contributed by atoms with van der Waals surface area (Å²) in [6.45, 7) is 0. The maximum atomic E-state index is 13.2. The van der Waals surface area contributed by atoms with Crippen molar-refractivity contribution in [2.24, 2.45) is 0 Å². The van der Waals surface area contributed by atoms with Crippen molar-refractivity contribution < 1.29 is 4.39 Å². The Morgan fingerprint density at radius 1 is 1.21 bits per heavy atom. The van der Waals surface area contributed by atoms with Crippen molar-refractivity contribution in [2.45, 2.75) is 0 Å². The average molecular weight is 257 g/mol. The minimum atomic E-state index is -0.586. The molecule has 0 aliphatic carbocycles. The van der Waals surface area contributed by atoms with Gasteiger partial charge < -0.3 is 4.98 Å². The quantitative estimate of drug-likeness (QED) is 0.712. The normalized spacial score (nSPS) is 10.8. The fourth-order valence-corrected chi connectivity index (χ4v) is 1.91. The average Bonchev–Trinajstić information content (AvgIpc) is 2.41. The highest BCUT2D eigenvalue weighted by Crippen LogP contribution is 2.08. The number of pyridine rings is 1. The van der Waals surface area contributed by atoms with Crippen molar-refractivity contribution in [3.8, 4) is 5.69 Å². The van der Waals surface area contributed by atoms with Gasteiger partial charge in [-0.15, -0.1) is 0 Å². The van der Waals surface area contributed by atoms with Crippen LogP contribution in [0.2, 0.25) is 0 Å². The summed E-state index contributed by atoms with van der Waals surface area (Å²) in [7, 11) is 0. The first-order valence-corrected chi connectivity index (χ1v) is 5.52. The zero-order chi connectivity index (χ0) is 13.4. The molecule has 0 aliphatic heterocycles. The van der Waals surface area contributed by atoms with Crippen molar-refractivity contribution in [1.29, 1.82) is 0 Å². The second kappa shape index (κ2) is 4.16. The second-order valence-corrected chi connectivity index (χ2v) is 3.97. The Morgan fingerprint density at radius 3 is 2.79 bits per heavy atom. The molecule has 0 fully saturated rings. The van der Waals surface area contributed by atoms with E-state index < -0.39 is 17.1 Å². The summed E-state index contributed by atoms with van der Waals surface area (Å²) >= 11 is 0. The van der Waals surface area contributed by atoms with E-state index in [4.69, 9.17) is 0 Å². The van der Waals surface area contributed by atoms with Crippen molar-refractivity contribution in [3.63, 3.8) is 0 Å². The lowest BCUT2D eigenvalue weighted by Crippen LogP contribution is -2.33. The van der Waals surface area contributed by atoms with Crippen LogP contribution in [0.25, 0.3) is 16.6 Å². The monoisotopic (exact) mass is 257 g/mol. The van der Waals surface area contributed by atoms with Gasteiger partial charge in [0, 0.05) is 6.20 Å². The van der Waals surface area contributed by atoms with Gasteiger partial charge in [0.15, 0.2) is 0 Å². The van der Waals surface area contributed by atoms with Gasteiger partial charge in [-0.05, 0) is 30.3 Å². The molecule has 0 saturated heterocycles. The summed E-state index contributed by atoms with van der Waals surface area (Å²) in [5.74, 6) is -0.533. The minimum Gasteiger partial charge on any atom is -0.306 e. The number of benzene rings is 1. The lowest BCUT2D eigenvalue weighted by Gasteiger charge is -2.05. The third-order valence-corrected chi connectivity index (χ3v) is 2.76. The lowest BCUT2D eigenvalue weighted by molar-refractivity contribution is 0.629. The van der Waals surface area contributed by atoms with Crippen molar-refractivity contribution in [3.05, 3.63) is 69.4 Å². The number of H-pyrrole nitrogens is 1. The molecule has 0 amide bonds. The first-order chi connectivity index (χ1) is 9.16. The Hall–Kier alpha value is -2.76. The molecule has 6 heteroatoms. The molecular weight excluding hydrogens is 249 g/mol. The van der Waals surface area contributed by atoms with E-state index in [-0.39, 0.29) is 5.39 Å². The number of nitrogens with one attached hydrogen (secondary N) is 1. The SMILES string of the molecule is O=c1[nH]c2ccc(F)cc2c(=O)n1-c1cccnc1. The third kappa shape index (κ3) is 1.83. The minimum absolute atomic E-state index is 0.114. The fraction of sp³-hybridized carbons (Fsp3) is 0. The molecule has 0 saturated carbocycles. The van der Waals surface area contributed by atoms with Gasteiger partial charge in [0.2, 0.25) is 0 Å². The van der Waals surface area contributed by atoms with Crippen molar-refractivity contribution in [1.82, 2.24) is 14.5 Å². The van der Waals surface area contributed by atoms with Crippen LogP contribution in [0.1, 0.15) is 0 Å². The number of fused-ring (bicyclic) bond motifs is 1. The Kier molecular flexibility index (Phi) is 2.49. The van der Waals surface area contributed by atoms with E-state index in [2.05, 4.69) is 9.97 Å². The molecule has 2 aromatic heterocycles. The van der Waals surface area contributed by atoms with Crippen LogP contribution in [0.5, 0.6) is 0 Å². The molecule has 0 aliphatic rings. The summed E-state index contributed by atoms with van der Waals surface area (Å²) in [6, 6.07) is 6.83. The van der Waals surface area contributed by atoms with E-state index in [1.807, 2.05) is 0 Å². The van der Waals surface area contributed by atoms with E-state index in [0.29, 0.717) is 11.2 Å². The first-order valence-electron chi connectivity index (χ1n) is 5.52. The summed E-state index contributed by atoms with van der Waals surface area (Å²) < 4.78 is 14.1. The Labute approximate surface area is 106 Å². The Balaban J connectivity index is 2.44. The van der Waals surface area contributed by atoms with Gasteiger partial charge in [0.05, 0.1) is 22.8 Å². The predicted molar refractivity (Wildman–Crippen MR) is 67.9 cm³/mol. The van der Waals surface area contributed by atoms with E-state index >= 15 is 0 Å². The zero-order valence-corrected chi connectivity index (χ0v) is 9.63. The molecular formula is C13H8FN3O2. The summed E-state index contributed by atoms with van der Waals surface area (Å²) in [6.07, 6.45) is 2.92. The van der Waals surface area contributed by atoms with Crippen LogP contribution in [0.3, 0.4) is 0 Å². The Bertz CT molecular complexity index is 868. The highest BCUT2D eigenvalue weighted by atomic mass is 19.1. The smallest absolute Gasteiger partial charge is 0.306 e. The lowest BCUT2D eigenvalue weighted by atomic mass is 10.2. The molecule has 2 heterocycles. The largest absolute Gasteiger partial charge is 0.333 e. The van der Waals surface area contributed by atoms with Crippen LogP contribution in [-0.4, -0.2) is 14.5 Å². The van der Waals surface area contributed by atoms with Gasteiger partial charge >= 0.3 is 5.69 Å². The van der Waals surface area contributed by atoms with Crippen LogP contribution < -0.4 is 11.2 Å². The van der Waals surface area contributed by atoms with Gasteiger partial charge in [-0.1, -0.05) is 0 Å². The van der Waals surface area contributed by atoms with Gasteiger partial charge in [0.1, 0.15) is 5.82 Å². The maximum absolute atomic E-state index is 13.2. The van der Waals surface area contributed by atoms with Crippen LogP contribution in [0.4, 0.5) is 4.39 Å². The number of aromatic nitrogens is 3. The number of hydrogen-bond donors (Lipinski definition) is 1. The molecule has 1 aromatic carbocycles. The van der Waals surface area contributed by atoms with Crippen LogP contribution in [0.15, 0.2) is 52.3 Å². The number of halogens is 1. The van der Waals surface area contributed by atoms with Gasteiger partial charge in [-0.3, -0.25) is 9.78 Å². The Morgan fingerprint density at radius 2 is 2.05 bits per heavy atom. The molecule has 3 rings (SSSR count). The molecule has 0 unspecified atom stereocenters. The molecule has 0 atom stereocenters. The molecule has 0 bridgehead atoms. The molecule has 3 aromatic rings. The number of nitrogens with zero attached hydrogens (tertiary/aromatic N) is 2. The van der Waals surface area contributed by atoms with E-state index in [1.54, 1.807) is 12.1 Å². The van der Waals surface area contributed by atoms with Gasteiger partial charge in [-0.2, -0.15) is 0 Å². The molecule has 0 radical (unpaired) electrons. The molecule has 5 nitrogen and oxygen atoms in total. The predicted octanol–water partition coefficient (Wildman–Crippen LogP) is 1.21. The second-order valence-electron chi connectivity index (χ2n) is 3.97. The first kappa shape index (κ1) is 11.3. The maximum Gasteiger partial charge on any atom is 0.333 e. The van der Waals surface area contributed by atoms with E-state index in [1.165, 1.54) is 24.5 Å². The topological polar surface area (TPSA) is 67.8 Å². The summed E-state index contributed by atoms with van der Waals surface area (Å²) in [5, 5.41) is 0.114. The molecule has 1 N–H and O–H groups in total. The number of rotatable bonds is 1. The van der Waals surface area contributed by atoms with E-state index in [9.17, 15) is 14.0 Å². The van der Waals surface area contributed by atoms with Gasteiger partial charge in [-0.25, -0.2) is 13.8 Å². The van der Waals surface area contributed by atoms with Crippen molar-refractivity contribution >= 4 is 10.9 Å². The number of hydrogen-bond acceptors (Lipinski definition) is 3. The molecule has 19 heavy (non-hydrogen) atoms.